The number of aryl methyl sites for hydroxylation is 1. The van der Waals surface area contributed by atoms with Crippen LogP contribution in [0.3, 0.4) is 0 Å². The van der Waals surface area contributed by atoms with Crippen LogP contribution in [0.25, 0.3) is 5.52 Å². The Balaban J connectivity index is 2.26. The van der Waals surface area contributed by atoms with Crippen LogP contribution in [0.15, 0.2) is 18.2 Å². The van der Waals surface area contributed by atoms with Gasteiger partial charge in [-0.05, 0) is 31.9 Å². The first-order chi connectivity index (χ1) is 7.81. The zero-order valence-electron chi connectivity index (χ0n) is 9.61. The smallest absolute Gasteiger partial charge is 0.116 e. The molecule has 2 aromatic heterocycles. The van der Waals surface area contributed by atoms with Crippen molar-refractivity contribution in [3.8, 4) is 0 Å². The summed E-state index contributed by atoms with van der Waals surface area (Å²) >= 11 is 0. The lowest BCUT2D eigenvalue weighted by molar-refractivity contribution is 0.399. The number of nitrogens with zero attached hydrogens (tertiary/aromatic N) is 2. The van der Waals surface area contributed by atoms with Crippen molar-refractivity contribution in [1.82, 2.24) is 9.38 Å². The topological polar surface area (TPSA) is 43.3 Å². The lowest BCUT2D eigenvalue weighted by Gasteiger charge is -2.24. The summed E-state index contributed by atoms with van der Waals surface area (Å²) in [7, 11) is 0. The maximum atomic E-state index is 5.81. The van der Waals surface area contributed by atoms with Gasteiger partial charge in [0, 0.05) is 18.2 Å². The molecule has 2 aromatic rings. The fourth-order valence-corrected chi connectivity index (χ4v) is 2.49. The van der Waals surface area contributed by atoms with Crippen molar-refractivity contribution in [2.45, 2.75) is 38.6 Å². The number of hydrogen-bond donors (Lipinski definition) is 1. The number of nitrogens with two attached hydrogens (primary N) is 1. The van der Waals surface area contributed by atoms with Crippen LogP contribution in [-0.2, 0) is 6.54 Å². The fourth-order valence-electron chi connectivity index (χ4n) is 2.49. The van der Waals surface area contributed by atoms with Gasteiger partial charge in [0.15, 0.2) is 0 Å². The molecule has 84 valence electrons. The van der Waals surface area contributed by atoms with Crippen molar-refractivity contribution in [2.75, 3.05) is 0 Å². The number of imidazole rings is 1. The summed E-state index contributed by atoms with van der Waals surface area (Å²) in [6.07, 6.45) is 3.89. The first kappa shape index (κ1) is 9.85. The Kier molecular flexibility index (Phi) is 2.21. The number of pyridine rings is 1. The molecule has 2 heterocycles. The molecule has 0 unspecified atom stereocenters. The molecule has 0 saturated heterocycles. The minimum Gasteiger partial charge on any atom is -0.325 e. The van der Waals surface area contributed by atoms with Gasteiger partial charge in [0.05, 0.1) is 11.2 Å². The number of aromatic nitrogens is 2. The van der Waals surface area contributed by atoms with Gasteiger partial charge in [-0.1, -0.05) is 12.5 Å². The highest BCUT2D eigenvalue weighted by atomic mass is 15.1. The molecule has 1 fully saturated rings. The highest BCUT2D eigenvalue weighted by Gasteiger charge is 2.25. The average Bonchev–Trinajstić information content (AvgIpc) is 2.54. The summed E-state index contributed by atoms with van der Waals surface area (Å²) in [6, 6.07) is 6.29. The Hall–Kier alpha value is -1.35. The molecule has 3 nitrogen and oxygen atoms in total. The van der Waals surface area contributed by atoms with E-state index in [1.165, 1.54) is 36.3 Å². The number of rotatable bonds is 2. The maximum absolute atomic E-state index is 5.81. The molecule has 3 heteroatoms. The van der Waals surface area contributed by atoms with E-state index in [-0.39, 0.29) is 0 Å². The Morgan fingerprint density at radius 2 is 2.25 bits per heavy atom. The molecule has 0 amide bonds. The van der Waals surface area contributed by atoms with Crippen LogP contribution in [0.2, 0.25) is 0 Å². The summed E-state index contributed by atoms with van der Waals surface area (Å²) in [5, 5.41) is 0. The zero-order chi connectivity index (χ0) is 11.1. The highest BCUT2D eigenvalue weighted by Crippen LogP contribution is 2.36. The Morgan fingerprint density at radius 3 is 2.88 bits per heavy atom. The van der Waals surface area contributed by atoms with Crippen LogP contribution >= 0.6 is 0 Å². The van der Waals surface area contributed by atoms with E-state index in [1.54, 1.807) is 0 Å². The average molecular weight is 215 g/mol. The summed E-state index contributed by atoms with van der Waals surface area (Å²) in [4.78, 5) is 4.73. The van der Waals surface area contributed by atoms with Gasteiger partial charge in [0.2, 0.25) is 0 Å². The van der Waals surface area contributed by atoms with Crippen LogP contribution < -0.4 is 5.73 Å². The maximum Gasteiger partial charge on any atom is 0.116 e. The van der Waals surface area contributed by atoms with Crippen molar-refractivity contribution < 1.29 is 0 Å². The lowest BCUT2D eigenvalue weighted by atomic mass is 9.85. The second kappa shape index (κ2) is 3.59. The van der Waals surface area contributed by atoms with Gasteiger partial charge in [-0.3, -0.25) is 4.40 Å². The molecular weight excluding hydrogens is 198 g/mol. The van der Waals surface area contributed by atoms with E-state index in [2.05, 4.69) is 29.5 Å². The van der Waals surface area contributed by atoms with Gasteiger partial charge in [-0.25, -0.2) is 4.98 Å². The standard InChI is InChI=1S/C13H17N3/c1-9-12-7-3-6-11(8-14)16(12)13(15-9)10-4-2-5-10/h3,6-7,10H,2,4-5,8,14H2,1H3. The summed E-state index contributed by atoms with van der Waals surface area (Å²) in [5.74, 6) is 1.87. The van der Waals surface area contributed by atoms with E-state index in [9.17, 15) is 0 Å². The van der Waals surface area contributed by atoms with Crippen LogP contribution in [0, 0.1) is 6.92 Å². The predicted molar refractivity (Wildman–Crippen MR) is 64.4 cm³/mol. The van der Waals surface area contributed by atoms with E-state index in [0.717, 1.165) is 5.69 Å². The molecule has 3 rings (SSSR count). The largest absolute Gasteiger partial charge is 0.325 e. The minimum absolute atomic E-state index is 0.576. The second-order valence-corrected chi connectivity index (χ2v) is 4.63. The van der Waals surface area contributed by atoms with Gasteiger partial charge in [0.25, 0.3) is 0 Å². The summed E-state index contributed by atoms with van der Waals surface area (Å²) in [6.45, 7) is 2.66. The molecular formula is C13H17N3. The van der Waals surface area contributed by atoms with Gasteiger partial charge >= 0.3 is 0 Å². The molecule has 1 aliphatic rings. The number of fused-ring (bicyclic) bond motifs is 1. The molecule has 0 atom stereocenters. The molecule has 0 spiro atoms. The quantitative estimate of drug-likeness (QED) is 0.835. The van der Waals surface area contributed by atoms with Crippen molar-refractivity contribution in [3.05, 3.63) is 35.4 Å². The third-order valence-corrected chi connectivity index (χ3v) is 3.63. The van der Waals surface area contributed by atoms with E-state index < -0.39 is 0 Å². The number of hydrogen-bond acceptors (Lipinski definition) is 2. The normalized spacial score (nSPS) is 16.6. The summed E-state index contributed by atoms with van der Waals surface area (Å²) in [5.41, 5.74) is 9.31. The SMILES string of the molecule is Cc1nc(C2CCC2)n2c(CN)cccc12. The fraction of sp³-hybridized carbons (Fsp3) is 0.462. The van der Waals surface area contributed by atoms with Crippen LogP contribution in [0.1, 0.15) is 42.4 Å². The van der Waals surface area contributed by atoms with Crippen LogP contribution in [0.5, 0.6) is 0 Å². The van der Waals surface area contributed by atoms with Gasteiger partial charge in [-0.2, -0.15) is 0 Å². The monoisotopic (exact) mass is 215 g/mol. The molecule has 0 aromatic carbocycles. The van der Waals surface area contributed by atoms with Crippen molar-refractivity contribution in [2.24, 2.45) is 5.73 Å². The molecule has 1 saturated carbocycles. The van der Waals surface area contributed by atoms with Gasteiger partial charge in [-0.15, -0.1) is 0 Å². The van der Waals surface area contributed by atoms with Crippen molar-refractivity contribution in [3.63, 3.8) is 0 Å². The molecule has 0 radical (unpaired) electrons. The Labute approximate surface area is 95.3 Å². The van der Waals surface area contributed by atoms with Crippen molar-refractivity contribution >= 4 is 5.52 Å². The minimum atomic E-state index is 0.576. The Bertz CT molecular complexity index is 523. The first-order valence-electron chi connectivity index (χ1n) is 5.98. The highest BCUT2D eigenvalue weighted by molar-refractivity contribution is 5.54. The molecule has 0 aliphatic heterocycles. The Morgan fingerprint density at radius 1 is 1.44 bits per heavy atom. The van der Waals surface area contributed by atoms with Crippen LogP contribution in [-0.4, -0.2) is 9.38 Å². The summed E-state index contributed by atoms with van der Waals surface area (Å²) < 4.78 is 2.26. The zero-order valence-corrected chi connectivity index (χ0v) is 9.61. The van der Waals surface area contributed by atoms with Gasteiger partial charge < -0.3 is 5.73 Å². The molecule has 2 N–H and O–H groups in total. The van der Waals surface area contributed by atoms with E-state index in [0.29, 0.717) is 12.5 Å². The first-order valence-corrected chi connectivity index (χ1v) is 5.98. The third kappa shape index (κ3) is 1.28. The lowest BCUT2D eigenvalue weighted by Crippen LogP contribution is -2.15. The molecule has 1 aliphatic carbocycles. The van der Waals surface area contributed by atoms with E-state index >= 15 is 0 Å². The third-order valence-electron chi connectivity index (χ3n) is 3.63. The van der Waals surface area contributed by atoms with Crippen molar-refractivity contribution in [1.29, 1.82) is 0 Å². The van der Waals surface area contributed by atoms with Crippen LogP contribution in [0.4, 0.5) is 0 Å². The van der Waals surface area contributed by atoms with E-state index in [1.807, 2.05) is 0 Å². The van der Waals surface area contributed by atoms with Gasteiger partial charge in [0.1, 0.15) is 5.82 Å². The van der Waals surface area contributed by atoms with E-state index in [4.69, 9.17) is 10.7 Å². The molecule has 0 bridgehead atoms. The second-order valence-electron chi connectivity index (χ2n) is 4.63. The molecule has 16 heavy (non-hydrogen) atoms. The predicted octanol–water partition coefficient (Wildman–Crippen LogP) is 2.37.